The van der Waals surface area contributed by atoms with E-state index in [1.165, 1.54) is 0 Å². The van der Waals surface area contributed by atoms with Crippen molar-refractivity contribution in [2.24, 2.45) is 0 Å². The van der Waals surface area contributed by atoms with Gasteiger partial charge in [0.15, 0.2) is 0 Å². The minimum Gasteiger partial charge on any atom is -0.339 e. The van der Waals surface area contributed by atoms with Crippen molar-refractivity contribution in [1.82, 2.24) is 9.80 Å². The molecule has 0 aliphatic carbocycles. The number of carbonyl (C=O) groups is 1. The summed E-state index contributed by atoms with van der Waals surface area (Å²) in [6, 6.07) is 5.81. The van der Waals surface area contributed by atoms with Gasteiger partial charge in [0.1, 0.15) is 0 Å². The van der Waals surface area contributed by atoms with Gasteiger partial charge in [-0.15, -0.1) is 0 Å². The van der Waals surface area contributed by atoms with E-state index in [0.717, 1.165) is 54.7 Å². The lowest BCUT2D eigenvalue weighted by molar-refractivity contribution is 0.0756. The molecule has 1 aromatic carbocycles. The van der Waals surface area contributed by atoms with Crippen LogP contribution in [0.5, 0.6) is 0 Å². The third-order valence-corrected chi connectivity index (χ3v) is 4.82. The molecule has 0 fully saturated rings. The highest BCUT2D eigenvalue weighted by atomic mass is 79.9. The molecule has 0 spiro atoms. The van der Waals surface area contributed by atoms with Crippen LogP contribution < -0.4 is 0 Å². The van der Waals surface area contributed by atoms with E-state index >= 15 is 0 Å². The Balaban J connectivity index is 2.67. The van der Waals surface area contributed by atoms with E-state index in [0.29, 0.717) is 0 Å². The molecule has 3 nitrogen and oxygen atoms in total. The summed E-state index contributed by atoms with van der Waals surface area (Å²) in [7, 11) is 0. The molecular formula is C17H27BrN2O. The molecule has 0 aliphatic heterocycles. The monoisotopic (exact) mass is 354 g/mol. The summed E-state index contributed by atoms with van der Waals surface area (Å²) in [4.78, 5) is 17.0. The van der Waals surface area contributed by atoms with Crippen LogP contribution in [0.4, 0.5) is 0 Å². The van der Waals surface area contributed by atoms with Gasteiger partial charge in [-0.25, -0.2) is 0 Å². The van der Waals surface area contributed by atoms with Crippen LogP contribution in [0.2, 0.25) is 0 Å². The number of hydrogen-bond acceptors (Lipinski definition) is 2. The molecular weight excluding hydrogens is 328 g/mol. The van der Waals surface area contributed by atoms with Gasteiger partial charge in [-0.2, -0.15) is 0 Å². The minimum atomic E-state index is 0.135. The van der Waals surface area contributed by atoms with Crippen molar-refractivity contribution in [3.05, 3.63) is 33.8 Å². The Labute approximate surface area is 137 Å². The second-order valence-corrected chi connectivity index (χ2v) is 6.03. The normalized spacial score (nSPS) is 11.0. The van der Waals surface area contributed by atoms with E-state index in [9.17, 15) is 4.79 Å². The molecule has 21 heavy (non-hydrogen) atoms. The lowest BCUT2D eigenvalue weighted by Crippen LogP contribution is -2.34. The predicted octanol–water partition coefficient (Wildman–Crippen LogP) is 3.95. The predicted molar refractivity (Wildman–Crippen MR) is 92.9 cm³/mol. The maximum Gasteiger partial charge on any atom is 0.254 e. The molecule has 0 aromatic heterocycles. The highest BCUT2D eigenvalue weighted by Crippen LogP contribution is 2.20. The maximum atomic E-state index is 12.7. The van der Waals surface area contributed by atoms with Gasteiger partial charge in [0.25, 0.3) is 5.91 Å². The van der Waals surface area contributed by atoms with Crippen LogP contribution in [0.3, 0.4) is 0 Å². The van der Waals surface area contributed by atoms with E-state index in [1.54, 1.807) is 0 Å². The third-order valence-electron chi connectivity index (χ3n) is 3.96. The molecule has 1 rings (SSSR count). The van der Waals surface area contributed by atoms with Gasteiger partial charge in [0, 0.05) is 23.1 Å². The highest BCUT2D eigenvalue weighted by molar-refractivity contribution is 9.10. The number of nitrogens with zero attached hydrogens (tertiary/aromatic N) is 2. The Bertz CT molecular complexity index is 458. The molecule has 0 aliphatic rings. The number of hydrogen-bond donors (Lipinski definition) is 0. The van der Waals surface area contributed by atoms with Crippen LogP contribution in [-0.2, 0) is 0 Å². The summed E-state index contributed by atoms with van der Waals surface area (Å²) in [5, 5.41) is 0. The fourth-order valence-corrected chi connectivity index (χ4v) is 2.80. The minimum absolute atomic E-state index is 0.135. The quantitative estimate of drug-likeness (QED) is 0.705. The van der Waals surface area contributed by atoms with Crippen LogP contribution in [0.25, 0.3) is 0 Å². The van der Waals surface area contributed by atoms with E-state index < -0.39 is 0 Å². The SMILES string of the molecule is CCN(CC)CCCN(CC)C(=O)c1cccc(Br)c1C. The molecule has 0 unspecified atom stereocenters. The molecule has 0 atom stereocenters. The summed E-state index contributed by atoms with van der Waals surface area (Å²) in [5.74, 6) is 0.135. The zero-order valence-corrected chi connectivity index (χ0v) is 15.2. The smallest absolute Gasteiger partial charge is 0.254 e. The topological polar surface area (TPSA) is 23.6 Å². The summed E-state index contributed by atoms with van der Waals surface area (Å²) in [6.07, 6.45) is 1.02. The van der Waals surface area contributed by atoms with Crippen molar-refractivity contribution in [3.8, 4) is 0 Å². The molecule has 0 heterocycles. The van der Waals surface area contributed by atoms with E-state index in [2.05, 4.69) is 34.7 Å². The first kappa shape index (κ1) is 18.2. The van der Waals surface area contributed by atoms with Crippen LogP contribution in [-0.4, -0.2) is 48.4 Å². The zero-order valence-electron chi connectivity index (χ0n) is 13.7. The third kappa shape index (κ3) is 5.11. The van der Waals surface area contributed by atoms with Crippen LogP contribution in [0.1, 0.15) is 43.1 Å². The van der Waals surface area contributed by atoms with Crippen LogP contribution >= 0.6 is 15.9 Å². The van der Waals surface area contributed by atoms with E-state index in [1.807, 2.05) is 36.9 Å². The number of amides is 1. The molecule has 4 heteroatoms. The van der Waals surface area contributed by atoms with Gasteiger partial charge in [0.05, 0.1) is 0 Å². The lowest BCUT2D eigenvalue weighted by Gasteiger charge is -2.24. The molecule has 1 amide bonds. The standard InChI is InChI=1S/C17H27BrN2O/c1-5-19(6-2)12-9-13-20(7-3)17(21)15-10-8-11-16(18)14(15)4/h8,10-11H,5-7,9,12-13H2,1-4H3. The second-order valence-electron chi connectivity index (χ2n) is 5.18. The van der Waals surface area contributed by atoms with Crippen molar-refractivity contribution in [3.63, 3.8) is 0 Å². The molecule has 0 N–H and O–H groups in total. The lowest BCUT2D eigenvalue weighted by atomic mass is 10.1. The Morgan fingerprint density at radius 1 is 1.10 bits per heavy atom. The van der Waals surface area contributed by atoms with E-state index in [-0.39, 0.29) is 5.91 Å². The average Bonchev–Trinajstić information content (AvgIpc) is 2.50. The van der Waals surface area contributed by atoms with Gasteiger partial charge < -0.3 is 9.80 Å². The summed E-state index contributed by atoms with van der Waals surface area (Å²) >= 11 is 3.50. The number of rotatable bonds is 8. The molecule has 0 saturated heterocycles. The number of carbonyl (C=O) groups excluding carboxylic acids is 1. The fourth-order valence-electron chi connectivity index (χ4n) is 2.44. The van der Waals surface area contributed by atoms with Crippen molar-refractivity contribution in [2.45, 2.75) is 34.1 Å². The van der Waals surface area contributed by atoms with Gasteiger partial charge in [-0.1, -0.05) is 35.8 Å². The second kappa shape index (κ2) is 9.21. The van der Waals surface area contributed by atoms with E-state index in [4.69, 9.17) is 0 Å². The van der Waals surface area contributed by atoms with Crippen LogP contribution in [0.15, 0.2) is 22.7 Å². The first-order valence-corrected chi connectivity index (χ1v) is 8.61. The molecule has 118 valence electrons. The first-order valence-electron chi connectivity index (χ1n) is 7.81. The Hall–Kier alpha value is -0.870. The van der Waals surface area contributed by atoms with Crippen molar-refractivity contribution < 1.29 is 4.79 Å². The summed E-state index contributed by atoms with van der Waals surface area (Å²) in [5.41, 5.74) is 1.82. The number of halogens is 1. The Kier molecular flexibility index (Phi) is 7.97. The fraction of sp³-hybridized carbons (Fsp3) is 0.588. The largest absolute Gasteiger partial charge is 0.339 e. The Morgan fingerprint density at radius 2 is 1.76 bits per heavy atom. The average molecular weight is 355 g/mol. The molecule has 0 bridgehead atoms. The van der Waals surface area contributed by atoms with Crippen molar-refractivity contribution in [1.29, 1.82) is 0 Å². The zero-order chi connectivity index (χ0) is 15.8. The number of benzene rings is 1. The summed E-state index contributed by atoms with van der Waals surface area (Å²) in [6.45, 7) is 13.1. The van der Waals surface area contributed by atoms with Gasteiger partial charge in [-0.3, -0.25) is 4.79 Å². The molecule has 1 aromatic rings. The van der Waals surface area contributed by atoms with Crippen LogP contribution in [0, 0.1) is 6.92 Å². The first-order chi connectivity index (χ1) is 10.0. The van der Waals surface area contributed by atoms with Crippen molar-refractivity contribution in [2.75, 3.05) is 32.7 Å². The maximum absolute atomic E-state index is 12.7. The Morgan fingerprint density at radius 3 is 2.33 bits per heavy atom. The van der Waals surface area contributed by atoms with Gasteiger partial charge in [-0.05, 0) is 57.6 Å². The highest BCUT2D eigenvalue weighted by Gasteiger charge is 2.17. The van der Waals surface area contributed by atoms with Gasteiger partial charge >= 0.3 is 0 Å². The summed E-state index contributed by atoms with van der Waals surface area (Å²) < 4.78 is 0.993. The van der Waals surface area contributed by atoms with Crippen molar-refractivity contribution >= 4 is 21.8 Å². The molecule has 0 radical (unpaired) electrons. The molecule has 0 saturated carbocycles. The van der Waals surface area contributed by atoms with Gasteiger partial charge in [0.2, 0.25) is 0 Å².